The van der Waals surface area contributed by atoms with Gasteiger partial charge in [-0.1, -0.05) is 26.0 Å². The number of hydrogen-bond donors (Lipinski definition) is 2. The molecule has 0 spiro atoms. The van der Waals surface area contributed by atoms with E-state index in [0.717, 1.165) is 44.1 Å². The molecule has 0 amide bonds. The number of likely N-dealkylation sites (N-methyl/N-ethyl adjacent to an activating group) is 1. The van der Waals surface area contributed by atoms with Crippen molar-refractivity contribution in [2.75, 3.05) is 39.4 Å². The van der Waals surface area contributed by atoms with Gasteiger partial charge in [-0.15, -0.1) is 0 Å². The van der Waals surface area contributed by atoms with Crippen molar-refractivity contribution in [1.82, 2.24) is 15.2 Å². The Morgan fingerprint density at radius 1 is 1.00 bits per heavy atom. The number of H-pyrrole nitrogens is 1. The van der Waals surface area contributed by atoms with Gasteiger partial charge in [0.15, 0.2) is 0 Å². The van der Waals surface area contributed by atoms with E-state index in [2.05, 4.69) is 65.4 Å². The van der Waals surface area contributed by atoms with Crippen LogP contribution in [0.25, 0.3) is 10.9 Å². The lowest BCUT2D eigenvalue weighted by molar-refractivity contribution is 0.222. The number of nitrogens with zero attached hydrogens (tertiary/aromatic N) is 1. The summed E-state index contributed by atoms with van der Waals surface area (Å²) in [6.07, 6.45) is 1.02. The van der Waals surface area contributed by atoms with Crippen LogP contribution >= 0.6 is 0 Å². The number of aromatic amines is 1. The number of benzene rings is 2. The Hall–Kier alpha value is -2.50. The van der Waals surface area contributed by atoms with Crippen molar-refractivity contribution in [1.29, 1.82) is 0 Å². The average Bonchev–Trinajstić information content (AvgIpc) is 3.15. The Morgan fingerprint density at radius 2 is 1.83 bits per heavy atom. The van der Waals surface area contributed by atoms with Crippen LogP contribution in [0, 0.1) is 0 Å². The van der Waals surface area contributed by atoms with Crippen molar-refractivity contribution in [3.05, 3.63) is 59.3 Å². The molecule has 0 bridgehead atoms. The highest BCUT2D eigenvalue weighted by Gasteiger charge is 2.25. The normalized spacial score (nSPS) is 16.1. The first-order valence-electron chi connectivity index (χ1n) is 11.2. The molecule has 5 heteroatoms. The molecule has 2 N–H and O–H groups in total. The zero-order chi connectivity index (χ0) is 20.9. The molecule has 3 aromatic rings. The first-order chi connectivity index (χ1) is 14.7. The number of ether oxygens (including phenoxy) is 2. The molecular weight excluding hydrogens is 374 g/mol. The number of rotatable bonds is 9. The Morgan fingerprint density at radius 3 is 2.63 bits per heavy atom. The molecule has 1 aliphatic rings. The molecule has 1 unspecified atom stereocenters. The van der Waals surface area contributed by atoms with Crippen LogP contribution in [0.1, 0.15) is 43.6 Å². The molecule has 0 saturated carbocycles. The van der Waals surface area contributed by atoms with Crippen LogP contribution in [0.5, 0.6) is 11.5 Å². The minimum absolute atomic E-state index is 0.142. The van der Waals surface area contributed by atoms with Crippen LogP contribution in [-0.2, 0) is 6.42 Å². The van der Waals surface area contributed by atoms with E-state index in [1.54, 1.807) is 0 Å². The minimum Gasteiger partial charge on any atom is -0.494 e. The lowest BCUT2D eigenvalue weighted by Crippen LogP contribution is -2.30. The van der Waals surface area contributed by atoms with Gasteiger partial charge in [-0.25, -0.2) is 0 Å². The van der Waals surface area contributed by atoms with Crippen LogP contribution in [0.4, 0.5) is 0 Å². The highest BCUT2D eigenvalue weighted by molar-refractivity contribution is 5.86. The third-order valence-electron chi connectivity index (χ3n) is 6.00. The van der Waals surface area contributed by atoms with E-state index in [1.807, 2.05) is 13.0 Å². The molecule has 160 valence electrons. The summed E-state index contributed by atoms with van der Waals surface area (Å²) in [6.45, 7) is 11.8. The maximum atomic E-state index is 6.06. The summed E-state index contributed by atoms with van der Waals surface area (Å²) in [7, 11) is 0. The molecule has 1 aliphatic heterocycles. The molecule has 2 heterocycles. The van der Waals surface area contributed by atoms with Gasteiger partial charge >= 0.3 is 0 Å². The third kappa shape index (κ3) is 4.32. The maximum Gasteiger partial charge on any atom is 0.120 e. The second kappa shape index (κ2) is 9.54. The molecule has 1 atom stereocenters. The van der Waals surface area contributed by atoms with Crippen molar-refractivity contribution in [2.24, 2.45) is 0 Å². The fraction of sp³-hybridized carbons (Fsp3) is 0.440. The Balaban J connectivity index is 1.56. The lowest BCUT2D eigenvalue weighted by Gasteiger charge is -2.25. The summed E-state index contributed by atoms with van der Waals surface area (Å²) in [6, 6.07) is 15.0. The molecule has 1 aromatic heterocycles. The largest absolute Gasteiger partial charge is 0.494 e. The van der Waals surface area contributed by atoms with Crippen molar-refractivity contribution in [2.45, 2.75) is 33.2 Å². The molecule has 0 saturated heterocycles. The van der Waals surface area contributed by atoms with Gasteiger partial charge in [0.1, 0.15) is 18.1 Å². The Labute approximate surface area is 179 Å². The van der Waals surface area contributed by atoms with Crippen LogP contribution in [0.15, 0.2) is 42.5 Å². The second-order valence-corrected chi connectivity index (χ2v) is 7.74. The van der Waals surface area contributed by atoms with Crippen LogP contribution < -0.4 is 14.8 Å². The SMILES string of the molecule is CCOc1ccc2[nH]c3c(c2c1)CCNC3c1cccc(OCCN(CC)CC)c1. The van der Waals surface area contributed by atoms with E-state index in [0.29, 0.717) is 13.2 Å². The van der Waals surface area contributed by atoms with Crippen molar-refractivity contribution in [3.8, 4) is 11.5 Å². The van der Waals surface area contributed by atoms with E-state index in [9.17, 15) is 0 Å². The smallest absolute Gasteiger partial charge is 0.120 e. The zero-order valence-electron chi connectivity index (χ0n) is 18.3. The summed E-state index contributed by atoms with van der Waals surface area (Å²) in [5.74, 6) is 1.87. The van der Waals surface area contributed by atoms with Crippen LogP contribution in [0.2, 0.25) is 0 Å². The predicted octanol–water partition coefficient (Wildman–Crippen LogP) is 4.52. The highest BCUT2D eigenvalue weighted by Crippen LogP contribution is 2.35. The third-order valence-corrected chi connectivity index (χ3v) is 6.00. The molecule has 0 radical (unpaired) electrons. The molecule has 4 rings (SSSR count). The molecular formula is C25H33N3O2. The topological polar surface area (TPSA) is 49.5 Å². The van der Waals surface area contributed by atoms with Crippen molar-refractivity contribution < 1.29 is 9.47 Å². The van der Waals surface area contributed by atoms with E-state index >= 15 is 0 Å². The van der Waals surface area contributed by atoms with E-state index in [1.165, 1.54) is 27.7 Å². The molecule has 0 fully saturated rings. The van der Waals surface area contributed by atoms with E-state index < -0.39 is 0 Å². The number of fused-ring (bicyclic) bond motifs is 3. The fourth-order valence-corrected chi connectivity index (χ4v) is 4.36. The molecule has 2 aromatic carbocycles. The average molecular weight is 408 g/mol. The second-order valence-electron chi connectivity index (χ2n) is 7.74. The van der Waals surface area contributed by atoms with Gasteiger partial charge in [0.05, 0.1) is 12.6 Å². The zero-order valence-corrected chi connectivity index (χ0v) is 18.3. The minimum atomic E-state index is 0.142. The summed E-state index contributed by atoms with van der Waals surface area (Å²) < 4.78 is 11.8. The molecule has 5 nitrogen and oxygen atoms in total. The highest BCUT2D eigenvalue weighted by atomic mass is 16.5. The number of hydrogen-bond acceptors (Lipinski definition) is 4. The van der Waals surface area contributed by atoms with Gasteiger partial charge in [0, 0.05) is 29.7 Å². The van der Waals surface area contributed by atoms with E-state index in [-0.39, 0.29) is 6.04 Å². The number of aromatic nitrogens is 1. The van der Waals surface area contributed by atoms with Gasteiger partial charge in [-0.2, -0.15) is 0 Å². The van der Waals surface area contributed by atoms with Crippen LogP contribution in [-0.4, -0.2) is 49.3 Å². The predicted molar refractivity (Wildman–Crippen MR) is 123 cm³/mol. The number of nitrogens with one attached hydrogen (secondary N) is 2. The van der Waals surface area contributed by atoms with E-state index in [4.69, 9.17) is 9.47 Å². The van der Waals surface area contributed by atoms with Gasteiger partial charge in [0.25, 0.3) is 0 Å². The maximum absolute atomic E-state index is 6.06. The first kappa shape index (κ1) is 20.8. The van der Waals surface area contributed by atoms with Gasteiger partial charge in [-0.3, -0.25) is 0 Å². The summed E-state index contributed by atoms with van der Waals surface area (Å²) in [5, 5.41) is 4.96. The molecule has 0 aliphatic carbocycles. The van der Waals surface area contributed by atoms with Crippen LogP contribution in [0.3, 0.4) is 0 Å². The van der Waals surface area contributed by atoms with Crippen molar-refractivity contribution >= 4 is 10.9 Å². The quantitative estimate of drug-likeness (QED) is 0.547. The summed E-state index contributed by atoms with van der Waals surface area (Å²) >= 11 is 0. The standard InChI is InChI=1S/C25H33N3O2/c1-4-28(5-2)14-15-30-19-9-7-8-18(16-19)24-25-21(12-13-26-24)22-17-20(29-6-3)10-11-23(22)27-25/h7-11,16-17,24,26-27H,4-6,12-15H2,1-3H3. The van der Waals surface area contributed by atoms with Gasteiger partial charge < -0.3 is 24.7 Å². The first-order valence-corrected chi connectivity index (χ1v) is 11.2. The Bertz CT molecular complexity index is 978. The monoisotopic (exact) mass is 407 g/mol. The summed E-state index contributed by atoms with van der Waals surface area (Å²) in [5.41, 5.74) is 5.05. The summed E-state index contributed by atoms with van der Waals surface area (Å²) in [4.78, 5) is 6.04. The van der Waals surface area contributed by atoms with Crippen molar-refractivity contribution in [3.63, 3.8) is 0 Å². The lowest BCUT2D eigenvalue weighted by atomic mass is 9.94. The van der Waals surface area contributed by atoms with Gasteiger partial charge in [-0.05, 0) is 67.9 Å². The Kier molecular flexibility index (Phi) is 6.60. The van der Waals surface area contributed by atoms with Gasteiger partial charge in [0.2, 0.25) is 0 Å². The fourth-order valence-electron chi connectivity index (χ4n) is 4.36. The molecule has 30 heavy (non-hydrogen) atoms.